The van der Waals surface area contributed by atoms with Crippen LogP contribution in [0.1, 0.15) is 37.7 Å². The Hall–Kier alpha value is -2.57. The molecule has 5 rings (SSSR count). The highest BCUT2D eigenvalue weighted by atomic mass is 19.2. The number of hydrogen-bond acceptors (Lipinski definition) is 2. The molecule has 0 heterocycles. The van der Waals surface area contributed by atoms with Crippen molar-refractivity contribution in [3.05, 3.63) is 65.2 Å². The van der Waals surface area contributed by atoms with Crippen LogP contribution in [0.25, 0.3) is 0 Å². The topological polar surface area (TPSA) is 29.5 Å². The zero-order chi connectivity index (χ0) is 20.5. The van der Waals surface area contributed by atoms with Crippen LogP contribution in [-0.2, 0) is 11.3 Å². The number of anilines is 1. The van der Waals surface area contributed by atoms with E-state index in [0.29, 0.717) is 17.5 Å². The third-order valence-corrected chi connectivity index (χ3v) is 5.98. The van der Waals surface area contributed by atoms with E-state index in [4.69, 9.17) is 4.74 Å². The molecule has 0 aromatic heterocycles. The Morgan fingerprint density at radius 2 is 1.59 bits per heavy atom. The van der Waals surface area contributed by atoms with Crippen molar-refractivity contribution < 1.29 is 27.1 Å². The molecule has 154 valence electrons. The summed E-state index contributed by atoms with van der Waals surface area (Å²) >= 11 is 0. The summed E-state index contributed by atoms with van der Waals surface area (Å²) in [5.74, 6) is -3.85. The van der Waals surface area contributed by atoms with Gasteiger partial charge in [0.05, 0.1) is 6.54 Å². The number of amides is 1. The molecule has 0 saturated heterocycles. The van der Waals surface area contributed by atoms with Crippen molar-refractivity contribution in [2.24, 2.45) is 11.8 Å². The smallest absolute Gasteiger partial charge is 0.414 e. The van der Waals surface area contributed by atoms with E-state index < -0.39 is 29.4 Å². The molecular formula is C22H21F4NO2. The molecule has 3 aliphatic rings. The maximum absolute atomic E-state index is 13.6. The molecule has 0 N–H and O–H groups in total. The predicted molar refractivity (Wildman–Crippen MR) is 99.2 cm³/mol. The summed E-state index contributed by atoms with van der Waals surface area (Å²) < 4.78 is 59.6. The van der Waals surface area contributed by atoms with Crippen molar-refractivity contribution in [3.63, 3.8) is 0 Å². The zero-order valence-electron chi connectivity index (χ0n) is 15.7. The van der Waals surface area contributed by atoms with Gasteiger partial charge in [-0.3, -0.25) is 4.90 Å². The lowest BCUT2D eigenvalue weighted by molar-refractivity contribution is -0.0101. The summed E-state index contributed by atoms with van der Waals surface area (Å²) in [6, 6.07) is 6.82. The number of halogens is 4. The maximum Gasteiger partial charge on any atom is 0.414 e. The molecule has 3 aliphatic carbocycles. The first kappa shape index (κ1) is 19.7. The Balaban J connectivity index is 1.58. The van der Waals surface area contributed by atoms with Crippen LogP contribution in [0.15, 0.2) is 36.4 Å². The number of rotatable bonds is 4. The van der Waals surface area contributed by atoms with Gasteiger partial charge in [0.15, 0.2) is 17.5 Å². The summed E-state index contributed by atoms with van der Waals surface area (Å²) in [6.45, 7) is -0.237. The highest BCUT2D eigenvalue weighted by Crippen LogP contribution is 2.43. The first-order valence-electron chi connectivity index (χ1n) is 9.78. The number of nitrogens with zero attached hydrogens (tertiary/aromatic N) is 1. The molecular weight excluding hydrogens is 386 g/mol. The van der Waals surface area contributed by atoms with E-state index in [9.17, 15) is 22.4 Å². The van der Waals surface area contributed by atoms with Crippen LogP contribution in [0.2, 0.25) is 0 Å². The molecule has 7 heteroatoms. The second-order valence-corrected chi connectivity index (χ2v) is 7.87. The van der Waals surface area contributed by atoms with Gasteiger partial charge >= 0.3 is 6.09 Å². The number of fused-ring (bicyclic) bond motifs is 3. The lowest BCUT2D eigenvalue weighted by Gasteiger charge is -2.42. The molecule has 1 unspecified atom stereocenters. The van der Waals surface area contributed by atoms with E-state index >= 15 is 0 Å². The van der Waals surface area contributed by atoms with E-state index in [-0.39, 0.29) is 18.2 Å². The molecule has 0 spiro atoms. The lowest BCUT2D eigenvalue weighted by Crippen LogP contribution is -2.42. The van der Waals surface area contributed by atoms with Crippen molar-refractivity contribution in [1.29, 1.82) is 0 Å². The average Bonchev–Trinajstić information content (AvgIpc) is 2.72. The molecule has 29 heavy (non-hydrogen) atoms. The fourth-order valence-corrected chi connectivity index (χ4v) is 4.42. The van der Waals surface area contributed by atoms with E-state index in [1.54, 1.807) is 0 Å². The minimum atomic E-state index is -1.57. The molecule has 3 fully saturated rings. The molecule has 1 amide bonds. The highest BCUT2D eigenvalue weighted by Gasteiger charge is 2.38. The second-order valence-electron chi connectivity index (χ2n) is 7.87. The molecule has 2 bridgehead atoms. The van der Waals surface area contributed by atoms with Crippen LogP contribution < -0.4 is 4.90 Å². The normalized spacial score (nSPS) is 23.1. The van der Waals surface area contributed by atoms with Crippen LogP contribution >= 0.6 is 0 Å². The average molecular weight is 407 g/mol. The second kappa shape index (κ2) is 8.05. The van der Waals surface area contributed by atoms with Crippen molar-refractivity contribution in [2.75, 3.05) is 4.90 Å². The van der Waals surface area contributed by atoms with Crippen LogP contribution in [0.3, 0.4) is 0 Å². The Morgan fingerprint density at radius 1 is 0.966 bits per heavy atom. The van der Waals surface area contributed by atoms with Gasteiger partial charge < -0.3 is 4.74 Å². The Kier molecular flexibility index (Phi) is 5.48. The van der Waals surface area contributed by atoms with Gasteiger partial charge in [0.2, 0.25) is 0 Å². The quantitative estimate of drug-likeness (QED) is 0.462. The molecule has 3 saturated carbocycles. The summed E-state index contributed by atoms with van der Waals surface area (Å²) in [5.41, 5.74) is 0.385. The largest absolute Gasteiger partial charge is 0.446 e. The lowest BCUT2D eigenvalue weighted by atomic mass is 9.69. The first-order chi connectivity index (χ1) is 13.9. The number of carbonyl (C=O) groups is 1. The SMILES string of the molecule is O=C(OC1CC2CCC1CC2)N(Cc1cc(F)c(F)c(F)c1)c1ccc(F)cc1. The van der Waals surface area contributed by atoms with Crippen molar-refractivity contribution >= 4 is 11.8 Å². The van der Waals surface area contributed by atoms with E-state index in [0.717, 1.165) is 44.2 Å². The van der Waals surface area contributed by atoms with E-state index in [1.165, 1.54) is 29.2 Å². The van der Waals surface area contributed by atoms with Gasteiger partial charge in [0.1, 0.15) is 11.9 Å². The number of carbonyl (C=O) groups excluding carboxylic acids is 1. The minimum absolute atomic E-state index is 0.0628. The number of hydrogen-bond donors (Lipinski definition) is 0. The fraction of sp³-hybridized carbons (Fsp3) is 0.409. The van der Waals surface area contributed by atoms with E-state index in [2.05, 4.69) is 0 Å². The Morgan fingerprint density at radius 3 is 2.14 bits per heavy atom. The zero-order valence-corrected chi connectivity index (χ0v) is 15.7. The minimum Gasteiger partial charge on any atom is -0.446 e. The monoisotopic (exact) mass is 407 g/mol. The molecule has 0 radical (unpaired) electrons. The van der Waals surface area contributed by atoms with Gasteiger partial charge in [-0.05, 0) is 85.9 Å². The molecule has 1 atom stereocenters. The molecule has 2 aromatic carbocycles. The summed E-state index contributed by atoms with van der Waals surface area (Å²) in [4.78, 5) is 14.2. The van der Waals surface area contributed by atoms with Gasteiger partial charge in [-0.2, -0.15) is 0 Å². The van der Waals surface area contributed by atoms with Gasteiger partial charge in [-0.25, -0.2) is 22.4 Å². The summed E-state index contributed by atoms with van der Waals surface area (Å²) in [7, 11) is 0. The molecule has 2 aromatic rings. The third kappa shape index (κ3) is 4.23. The standard InChI is InChI=1S/C22H21F4NO2/c23-16-5-7-17(8-6-16)27(12-14-9-18(24)21(26)19(25)10-14)22(28)29-20-11-13-1-3-15(20)4-2-13/h5-10,13,15,20H,1-4,11-12H2. The molecule has 3 nitrogen and oxygen atoms in total. The third-order valence-electron chi connectivity index (χ3n) is 5.98. The molecule has 0 aliphatic heterocycles. The van der Waals surface area contributed by atoms with Crippen molar-refractivity contribution in [2.45, 2.75) is 44.8 Å². The first-order valence-corrected chi connectivity index (χ1v) is 9.78. The summed E-state index contributed by atoms with van der Waals surface area (Å²) in [5, 5.41) is 0. The van der Waals surface area contributed by atoms with Crippen LogP contribution in [0.5, 0.6) is 0 Å². The van der Waals surface area contributed by atoms with Crippen molar-refractivity contribution in [1.82, 2.24) is 0 Å². The number of benzene rings is 2. The Labute approximate surface area is 166 Å². The van der Waals surface area contributed by atoms with Gasteiger partial charge in [0, 0.05) is 5.69 Å². The van der Waals surface area contributed by atoms with Crippen LogP contribution in [0.4, 0.5) is 28.0 Å². The Bertz CT molecular complexity index is 871. The van der Waals surface area contributed by atoms with Gasteiger partial charge in [-0.1, -0.05) is 0 Å². The van der Waals surface area contributed by atoms with Crippen LogP contribution in [-0.4, -0.2) is 12.2 Å². The number of ether oxygens (including phenoxy) is 1. The fourth-order valence-electron chi connectivity index (χ4n) is 4.42. The van der Waals surface area contributed by atoms with Gasteiger partial charge in [0.25, 0.3) is 0 Å². The van der Waals surface area contributed by atoms with Crippen LogP contribution in [0, 0.1) is 35.1 Å². The highest BCUT2D eigenvalue weighted by molar-refractivity contribution is 5.87. The predicted octanol–water partition coefficient (Wildman–Crippen LogP) is 5.96. The van der Waals surface area contributed by atoms with Crippen molar-refractivity contribution in [3.8, 4) is 0 Å². The van der Waals surface area contributed by atoms with Gasteiger partial charge in [-0.15, -0.1) is 0 Å². The maximum atomic E-state index is 13.6. The van der Waals surface area contributed by atoms with E-state index in [1.807, 2.05) is 0 Å². The summed E-state index contributed by atoms with van der Waals surface area (Å²) in [6.07, 6.45) is 4.29.